The Balaban J connectivity index is 1.79. The van der Waals surface area contributed by atoms with Gasteiger partial charge in [0.2, 0.25) is 5.65 Å². The van der Waals surface area contributed by atoms with Crippen molar-refractivity contribution in [2.75, 3.05) is 32.1 Å². The Morgan fingerprint density at radius 3 is 3.15 bits per heavy atom. The zero-order valence-corrected chi connectivity index (χ0v) is 11.9. The maximum absolute atomic E-state index is 5.35. The van der Waals surface area contributed by atoms with E-state index in [0.717, 1.165) is 36.8 Å². The third-order valence-corrected chi connectivity index (χ3v) is 3.84. The average Bonchev–Trinajstić information content (AvgIpc) is 3.06. The number of ether oxygens (including phenoxy) is 1. The van der Waals surface area contributed by atoms with Crippen LogP contribution in [0.2, 0.25) is 0 Å². The van der Waals surface area contributed by atoms with Crippen molar-refractivity contribution in [1.29, 1.82) is 0 Å². The van der Waals surface area contributed by atoms with Gasteiger partial charge in [-0.25, -0.2) is 4.98 Å². The van der Waals surface area contributed by atoms with E-state index in [1.54, 1.807) is 13.3 Å². The van der Waals surface area contributed by atoms with Gasteiger partial charge in [0.05, 0.1) is 12.1 Å². The molecule has 2 N–H and O–H groups in total. The van der Waals surface area contributed by atoms with Gasteiger partial charge in [0.1, 0.15) is 5.82 Å². The van der Waals surface area contributed by atoms with Crippen molar-refractivity contribution in [3.05, 3.63) is 18.2 Å². The Kier molecular flexibility index (Phi) is 3.54. The van der Waals surface area contributed by atoms with Crippen LogP contribution in [0.5, 0.6) is 0 Å². The first-order valence-electron chi connectivity index (χ1n) is 6.88. The van der Waals surface area contributed by atoms with Crippen LogP contribution in [0.3, 0.4) is 0 Å². The van der Waals surface area contributed by atoms with Gasteiger partial charge in [-0.1, -0.05) is 0 Å². The van der Waals surface area contributed by atoms with Gasteiger partial charge < -0.3 is 15.4 Å². The van der Waals surface area contributed by atoms with E-state index in [-0.39, 0.29) is 5.54 Å². The molecule has 2 aromatic rings. The summed E-state index contributed by atoms with van der Waals surface area (Å²) in [6.07, 6.45) is 5.90. The van der Waals surface area contributed by atoms with Gasteiger partial charge in [-0.3, -0.25) is 4.40 Å². The molecule has 0 radical (unpaired) electrons. The molecule has 2 aromatic heterocycles. The van der Waals surface area contributed by atoms with Crippen molar-refractivity contribution in [3.63, 3.8) is 0 Å². The van der Waals surface area contributed by atoms with E-state index in [0.29, 0.717) is 6.61 Å². The summed E-state index contributed by atoms with van der Waals surface area (Å²) >= 11 is 0. The molecule has 20 heavy (non-hydrogen) atoms. The molecule has 1 aliphatic heterocycles. The topological polar surface area (TPSA) is 76.4 Å². The van der Waals surface area contributed by atoms with Gasteiger partial charge in [0.15, 0.2) is 5.82 Å². The van der Waals surface area contributed by atoms with Crippen LogP contribution >= 0.6 is 0 Å². The maximum atomic E-state index is 5.35. The van der Waals surface area contributed by atoms with Gasteiger partial charge in [-0.2, -0.15) is 0 Å². The second-order valence-electron chi connectivity index (χ2n) is 5.31. The number of aromatic nitrogens is 4. The van der Waals surface area contributed by atoms with Crippen LogP contribution < -0.4 is 10.6 Å². The Morgan fingerprint density at radius 2 is 2.40 bits per heavy atom. The van der Waals surface area contributed by atoms with Crippen LogP contribution in [0.1, 0.15) is 18.7 Å². The normalized spacial score (nSPS) is 22.5. The second-order valence-corrected chi connectivity index (χ2v) is 5.31. The van der Waals surface area contributed by atoms with E-state index in [1.807, 2.05) is 17.5 Å². The fourth-order valence-electron chi connectivity index (χ4n) is 2.79. The highest BCUT2D eigenvalue weighted by atomic mass is 16.5. The van der Waals surface area contributed by atoms with Crippen molar-refractivity contribution in [1.82, 2.24) is 24.9 Å². The zero-order chi connectivity index (χ0) is 14.0. The third kappa shape index (κ3) is 2.34. The predicted octanol–water partition coefficient (Wildman–Crippen LogP) is 0.613. The predicted molar refractivity (Wildman–Crippen MR) is 75.9 cm³/mol. The number of methoxy groups -OCH3 is 1. The standard InChI is InChI=1S/C13H20N6O/c1-10-17-18-12-11(14-6-7-19(10)12)15-8-13(9-20-2)4-3-5-16-13/h6-7,16H,3-5,8-9H2,1-2H3,(H,14,15). The van der Waals surface area contributed by atoms with Gasteiger partial charge in [-0.05, 0) is 26.3 Å². The molecule has 108 valence electrons. The first-order chi connectivity index (χ1) is 9.74. The lowest BCUT2D eigenvalue weighted by molar-refractivity contribution is 0.127. The fraction of sp³-hybridized carbons (Fsp3) is 0.615. The van der Waals surface area contributed by atoms with Crippen LogP contribution in [0.15, 0.2) is 12.4 Å². The molecule has 1 saturated heterocycles. The molecular formula is C13H20N6O. The monoisotopic (exact) mass is 276 g/mol. The lowest BCUT2D eigenvalue weighted by Crippen LogP contribution is -2.49. The summed E-state index contributed by atoms with van der Waals surface area (Å²) < 4.78 is 7.28. The highest BCUT2D eigenvalue weighted by Crippen LogP contribution is 2.21. The van der Waals surface area contributed by atoms with E-state index in [2.05, 4.69) is 25.8 Å². The highest BCUT2D eigenvalue weighted by Gasteiger charge is 2.33. The van der Waals surface area contributed by atoms with Crippen LogP contribution in [-0.2, 0) is 4.74 Å². The first kappa shape index (κ1) is 13.3. The molecule has 0 amide bonds. The number of nitrogens with one attached hydrogen (secondary N) is 2. The van der Waals surface area contributed by atoms with Crippen molar-refractivity contribution in [3.8, 4) is 0 Å². The van der Waals surface area contributed by atoms with Crippen molar-refractivity contribution in [2.24, 2.45) is 0 Å². The molecule has 3 rings (SSSR count). The van der Waals surface area contributed by atoms with Gasteiger partial charge in [0, 0.05) is 26.0 Å². The lowest BCUT2D eigenvalue weighted by atomic mass is 9.99. The molecule has 0 aliphatic carbocycles. The Bertz CT molecular complexity index is 590. The molecule has 1 fully saturated rings. The molecule has 1 aliphatic rings. The van der Waals surface area contributed by atoms with Crippen molar-refractivity contribution < 1.29 is 4.74 Å². The minimum absolute atomic E-state index is 0.0155. The molecule has 7 nitrogen and oxygen atoms in total. The summed E-state index contributed by atoms with van der Waals surface area (Å²) in [5.41, 5.74) is 0.744. The quantitative estimate of drug-likeness (QED) is 0.833. The number of nitrogens with zero attached hydrogens (tertiary/aromatic N) is 4. The Hall–Kier alpha value is -1.73. The summed E-state index contributed by atoms with van der Waals surface area (Å²) in [7, 11) is 1.74. The molecule has 0 saturated carbocycles. The molecule has 0 spiro atoms. The Labute approximate surface area is 117 Å². The third-order valence-electron chi connectivity index (χ3n) is 3.84. The number of anilines is 1. The van der Waals surface area contributed by atoms with E-state index in [9.17, 15) is 0 Å². The molecular weight excluding hydrogens is 256 g/mol. The zero-order valence-electron chi connectivity index (χ0n) is 11.9. The summed E-state index contributed by atoms with van der Waals surface area (Å²) in [5.74, 6) is 1.62. The minimum Gasteiger partial charge on any atom is -0.383 e. The summed E-state index contributed by atoms with van der Waals surface area (Å²) in [6.45, 7) is 4.41. The molecule has 3 heterocycles. The lowest BCUT2D eigenvalue weighted by Gasteiger charge is -2.29. The van der Waals surface area contributed by atoms with Crippen LogP contribution in [0.4, 0.5) is 5.82 Å². The van der Waals surface area contributed by atoms with E-state index in [1.165, 1.54) is 6.42 Å². The minimum atomic E-state index is -0.0155. The SMILES string of the molecule is COCC1(CNc2nccn3c(C)nnc23)CCCN1. The number of hydrogen-bond acceptors (Lipinski definition) is 6. The molecule has 0 aromatic carbocycles. The molecule has 1 atom stereocenters. The van der Waals surface area contributed by atoms with Gasteiger partial charge in [0.25, 0.3) is 0 Å². The maximum Gasteiger partial charge on any atom is 0.203 e. The smallest absolute Gasteiger partial charge is 0.203 e. The first-order valence-corrected chi connectivity index (χ1v) is 6.88. The summed E-state index contributed by atoms with van der Waals surface area (Å²) in [6, 6.07) is 0. The molecule has 1 unspecified atom stereocenters. The highest BCUT2D eigenvalue weighted by molar-refractivity contribution is 5.62. The average molecular weight is 276 g/mol. The van der Waals surface area contributed by atoms with Crippen LogP contribution in [0, 0.1) is 6.92 Å². The van der Waals surface area contributed by atoms with Crippen LogP contribution in [-0.4, -0.2) is 51.9 Å². The van der Waals surface area contributed by atoms with Gasteiger partial charge in [-0.15, -0.1) is 10.2 Å². The van der Waals surface area contributed by atoms with E-state index < -0.39 is 0 Å². The number of hydrogen-bond donors (Lipinski definition) is 2. The summed E-state index contributed by atoms with van der Waals surface area (Å²) in [4.78, 5) is 4.37. The van der Waals surface area contributed by atoms with E-state index in [4.69, 9.17) is 4.74 Å². The van der Waals surface area contributed by atoms with Crippen molar-refractivity contribution in [2.45, 2.75) is 25.3 Å². The largest absolute Gasteiger partial charge is 0.383 e. The second kappa shape index (κ2) is 5.34. The number of aryl methyl sites for hydroxylation is 1. The molecule has 7 heteroatoms. The molecule has 0 bridgehead atoms. The van der Waals surface area contributed by atoms with E-state index >= 15 is 0 Å². The van der Waals surface area contributed by atoms with Crippen LogP contribution in [0.25, 0.3) is 5.65 Å². The number of rotatable bonds is 5. The van der Waals surface area contributed by atoms with Gasteiger partial charge >= 0.3 is 0 Å². The van der Waals surface area contributed by atoms with Crippen molar-refractivity contribution >= 4 is 11.5 Å². The number of fused-ring (bicyclic) bond motifs is 1. The summed E-state index contributed by atoms with van der Waals surface area (Å²) in [5, 5.41) is 15.2. The fourth-order valence-corrected chi connectivity index (χ4v) is 2.79. The Morgan fingerprint density at radius 1 is 1.50 bits per heavy atom.